The summed E-state index contributed by atoms with van der Waals surface area (Å²) >= 11 is 5.14. The molecule has 0 unspecified atom stereocenters. The molecule has 4 aromatic rings. The Kier molecular flexibility index (Phi) is 4.82. The third-order valence-corrected chi connectivity index (χ3v) is 4.35. The van der Waals surface area contributed by atoms with Gasteiger partial charge in [0, 0.05) is 23.6 Å². The number of aromatic nitrogens is 2. The maximum atomic E-state index is 13.7. The number of hydrogen-bond donors (Lipinski definition) is 2. The highest BCUT2D eigenvalue weighted by molar-refractivity contribution is 7.80. The van der Waals surface area contributed by atoms with Crippen molar-refractivity contribution in [3.63, 3.8) is 0 Å². The average molecular weight is 390 g/mol. The van der Waals surface area contributed by atoms with Gasteiger partial charge in [-0.15, -0.1) is 0 Å². The van der Waals surface area contributed by atoms with Gasteiger partial charge in [0.1, 0.15) is 11.5 Å². The summed E-state index contributed by atoms with van der Waals surface area (Å²) in [6, 6.07) is 19.0. The molecule has 0 bridgehead atoms. The first-order chi connectivity index (χ1) is 13.6. The summed E-state index contributed by atoms with van der Waals surface area (Å²) < 4.78 is 15.6. The van der Waals surface area contributed by atoms with Gasteiger partial charge in [-0.25, -0.2) is 9.37 Å². The molecule has 1 amide bonds. The first kappa shape index (κ1) is 17.8. The SMILES string of the molecule is O=C(NC(=S)Nc1ccc(-c2cn3ccccc3n2)cc1)c1ccccc1F. The zero-order chi connectivity index (χ0) is 19.5. The summed E-state index contributed by atoms with van der Waals surface area (Å²) in [4.78, 5) is 16.7. The number of rotatable bonds is 3. The van der Waals surface area contributed by atoms with E-state index in [0.717, 1.165) is 16.9 Å². The Hall–Kier alpha value is -3.58. The van der Waals surface area contributed by atoms with E-state index < -0.39 is 11.7 Å². The van der Waals surface area contributed by atoms with Crippen molar-refractivity contribution in [2.24, 2.45) is 0 Å². The van der Waals surface area contributed by atoms with Gasteiger partial charge in [0.25, 0.3) is 5.91 Å². The van der Waals surface area contributed by atoms with Crippen molar-refractivity contribution in [1.29, 1.82) is 0 Å². The summed E-state index contributed by atoms with van der Waals surface area (Å²) in [5.74, 6) is -1.20. The molecule has 0 fully saturated rings. The minimum absolute atomic E-state index is 0.0613. The van der Waals surface area contributed by atoms with Gasteiger partial charge in [0.15, 0.2) is 5.11 Å². The zero-order valence-corrected chi connectivity index (χ0v) is 15.4. The first-order valence-electron chi connectivity index (χ1n) is 8.51. The Morgan fingerprint density at radius 2 is 1.75 bits per heavy atom. The lowest BCUT2D eigenvalue weighted by Gasteiger charge is -2.10. The molecule has 4 rings (SSSR count). The van der Waals surface area contributed by atoms with Gasteiger partial charge in [-0.3, -0.25) is 10.1 Å². The molecule has 0 spiro atoms. The maximum absolute atomic E-state index is 13.7. The molecule has 7 heteroatoms. The van der Waals surface area contributed by atoms with Gasteiger partial charge in [-0.2, -0.15) is 0 Å². The summed E-state index contributed by atoms with van der Waals surface area (Å²) in [6.45, 7) is 0. The van der Waals surface area contributed by atoms with E-state index in [1.807, 2.05) is 59.3 Å². The largest absolute Gasteiger partial charge is 0.332 e. The predicted molar refractivity (Wildman–Crippen MR) is 111 cm³/mol. The van der Waals surface area contributed by atoms with E-state index >= 15 is 0 Å². The van der Waals surface area contributed by atoms with Crippen molar-refractivity contribution in [1.82, 2.24) is 14.7 Å². The number of amides is 1. The van der Waals surface area contributed by atoms with Crippen LogP contribution in [0.4, 0.5) is 10.1 Å². The minimum atomic E-state index is -0.600. The van der Waals surface area contributed by atoms with Gasteiger partial charge < -0.3 is 9.72 Å². The Morgan fingerprint density at radius 1 is 1.00 bits per heavy atom. The van der Waals surface area contributed by atoms with Gasteiger partial charge in [-0.1, -0.05) is 30.3 Å². The molecule has 138 valence electrons. The van der Waals surface area contributed by atoms with Crippen molar-refractivity contribution in [2.45, 2.75) is 0 Å². The van der Waals surface area contributed by atoms with Gasteiger partial charge >= 0.3 is 0 Å². The second-order valence-corrected chi connectivity index (χ2v) is 6.47. The predicted octanol–water partition coefficient (Wildman–Crippen LogP) is 4.27. The fraction of sp³-hybridized carbons (Fsp3) is 0. The normalized spacial score (nSPS) is 10.6. The molecule has 0 aliphatic carbocycles. The lowest BCUT2D eigenvalue weighted by Crippen LogP contribution is -2.34. The molecule has 28 heavy (non-hydrogen) atoms. The quantitative estimate of drug-likeness (QED) is 0.513. The minimum Gasteiger partial charge on any atom is -0.332 e. The smallest absolute Gasteiger partial charge is 0.260 e. The van der Waals surface area contributed by atoms with Crippen molar-refractivity contribution < 1.29 is 9.18 Å². The number of carbonyl (C=O) groups is 1. The van der Waals surface area contributed by atoms with Gasteiger partial charge in [-0.05, 0) is 48.6 Å². The zero-order valence-electron chi connectivity index (χ0n) is 14.6. The summed E-state index contributed by atoms with van der Waals surface area (Å²) in [5, 5.41) is 5.49. The highest BCUT2D eigenvalue weighted by Gasteiger charge is 2.12. The van der Waals surface area contributed by atoms with Crippen LogP contribution < -0.4 is 10.6 Å². The maximum Gasteiger partial charge on any atom is 0.260 e. The summed E-state index contributed by atoms with van der Waals surface area (Å²) in [7, 11) is 0. The van der Waals surface area contributed by atoms with E-state index in [4.69, 9.17) is 12.2 Å². The number of anilines is 1. The molecule has 0 atom stereocenters. The second kappa shape index (κ2) is 7.58. The molecule has 2 aromatic carbocycles. The number of pyridine rings is 1. The van der Waals surface area contributed by atoms with Crippen LogP contribution in [-0.2, 0) is 0 Å². The molecular formula is C21H15FN4OS. The number of hydrogen-bond acceptors (Lipinski definition) is 3. The van der Waals surface area contributed by atoms with Crippen molar-refractivity contribution in [2.75, 3.05) is 5.32 Å². The summed E-state index contributed by atoms with van der Waals surface area (Å²) in [5.41, 5.74) is 3.32. The van der Waals surface area contributed by atoms with Crippen LogP contribution in [0.25, 0.3) is 16.9 Å². The van der Waals surface area contributed by atoms with E-state index in [2.05, 4.69) is 15.6 Å². The highest BCUT2D eigenvalue weighted by Crippen LogP contribution is 2.21. The third-order valence-electron chi connectivity index (χ3n) is 4.15. The number of nitrogens with one attached hydrogen (secondary N) is 2. The molecule has 0 aliphatic heterocycles. The van der Waals surface area contributed by atoms with E-state index in [1.165, 1.54) is 18.2 Å². The molecule has 5 nitrogen and oxygen atoms in total. The number of nitrogens with zero attached hydrogens (tertiary/aromatic N) is 2. The Labute approximate surface area is 165 Å². The van der Waals surface area contributed by atoms with Crippen LogP contribution in [0.5, 0.6) is 0 Å². The molecule has 0 saturated carbocycles. The van der Waals surface area contributed by atoms with Gasteiger partial charge in [0.05, 0.1) is 11.3 Å². The lowest BCUT2D eigenvalue weighted by atomic mass is 10.1. The number of thiocarbonyl (C=S) groups is 1. The Morgan fingerprint density at radius 3 is 2.50 bits per heavy atom. The number of imidazole rings is 1. The van der Waals surface area contributed by atoms with Crippen LogP contribution in [0.1, 0.15) is 10.4 Å². The van der Waals surface area contributed by atoms with E-state index in [-0.39, 0.29) is 10.7 Å². The van der Waals surface area contributed by atoms with Crippen LogP contribution in [0.2, 0.25) is 0 Å². The standard InChI is InChI=1S/C21H15FN4OS/c22-17-6-2-1-5-16(17)20(27)25-21(28)23-15-10-8-14(9-11-15)18-13-26-12-4-3-7-19(26)24-18/h1-13H,(H2,23,25,27,28). The van der Waals surface area contributed by atoms with Crippen LogP contribution in [-0.4, -0.2) is 20.4 Å². The molecule has 0 radical (unpaired) electrons. The number of halogens is 1. The van der Waals surface area contributed by atoms with E-state index in [9.17, 15) is 9.18 Å². The molecular weight excluding hydrogens is 375 g/mol. The number of fused-ring (bicyclic) bond motifs is 1. The lowest BCUT2D eigenvalue weighted by molar-refractivity contribution is 0.0974. The Balaban J connectivity index is 1.43. The molecule has 0 aliphatic rings. The molecule has 0 saturated heterocycles. The van der Waals surface area contributed by atoms with Crippen molar-refractivity contribution in [3.05, 3.63) is 90.5 Å². The van der Waals surface area contributed by atoms with Crippen molar-refractivity contribution >= 4 is 34.6 Å². The van der Waals surface area contributed by atoms with Crippen LogP contribution in [0.3, 0.4) is 0 Å². The summed E-state index contributed by atoms with van der Waals surface area (Å²) in [6.07, 6.45) is 3.90. The van der Waals surface area contributed by atoms with Crippen LogP contribution in [0, 0.1) is 5.82 Å². The molecule has 2 heterocycles. The Bertz CT molecular complexity index is 1140. The molecule has 2 aromatic heterocycles. The number of benzene rings is 2. The topological polar surface area (TPSA) is 58.4 Å². The van der Waals surface area contributed by atoms with Crippen LogP contribution >= 0.6 is 12.2 Å². The fourth-order valence-corrected chi connectivity index (χ4v) is 2.99. The van der Waals surface area contributed by atoms with Gasteiger partial charge in [0.2, 0.25) is 0 Å². The van der Waals surface area contributed by atoms with Crippen molar-refractivity contribution in [3.8, 4) is 11.3 Å². The first-order valence-corrected chi connectivity index (χ1v) is 8.92. The number of carbonyl (C=O) groups excluding carboxylic acids is 1. The monoisotopic (exact) mass is 390 g/mol. The van der Waals surface area contributed by atoms with E-state index in [1.54, 1.807) is 6.07 Å². The highest BCUT2D eigenvalue weighted by atomic mass is 32.1. The average Bonchev–Trinajstić information content (AvgIpc) is 3.13. The van der Waals surface area contributed by atoms with Crippen LogP contribution in [0.15, 0.2) is 79.1 Å². The van der Waals surface area contributed by atoms with E-state index in [0.29, 0.717) is 5.69 Å². The molecule has 2 N–H and O–H groups in total. The fourth-order valence-electron chi connectivity index (χ4n) is 2.78. The third kappa shape index (κ3) is 3.74. The second-order valence-electron chi connectivity index (χ2n) is 6.06.